The Kier molecular flexibility index (Phi) is 4.00. The van der Waals surface area contributed by atoms with E-state index in [0.717, 1.165) is 19.4 Å². The second kappa shape index (κ2) is 5.50. The lowest BCUT2D eigenvalue weighted by atomic mass is 9.90. The molecule has 1 aromatic rings. The molecule has 1 atom stereocenters. The highest BCUT2D eigenvalue weighted by Crippen LogP contribution is 2.24. The third-order valence-corrected chi connectivity index (χ3v) is 3.47. The maximum Gasteiger partial charge on any atom is 0.0628 e. The second-order valence-corrected chi connectivity index (χ2v) is 4.89. The average molecular weight is 233 g/mol. The molecular formula is C14H23N3. The Morgan fingerprint density at radius 1 is 1.53 bits per heavy atom. The lowest BCUT2D eigenvalue weighted by Gasteiger charge is -2.20. The predicted molar refractivity (Wildman–Crippen MR) is 71.7 cm³/mol. The summed E-state index contributed by atoms with van der Waals surface area (Å²) in [6.45, 7) is 5.22. The number of aromatic nitrogens is 2. The molecule has 0 radical (unpaired) electrons. The highest BCUT2D eigenvalue weighted by atomic mass is 15.3. The van der Waals surface area contributed by atoms with Crippen LogP contribution in [0.25, 0.3) is 6.08 Å². The Hall–Kier alpha value is -1.09. The summed E-state index contributed by atoms with van der Waals surface area (Å²) in [6.07, 6.45) is 7.95. The van der Waals surface area contributed by atoms with E-state index < -0.39 is 0 Å². The molecule has 0 aliphatic heterocycles. The van der Waals surface area contributed by atoms with Crippen molar-refractivity contribution < 1.29 is 0 Å². The highest BCUT2D eigenvalue weighted by molar-refractivity contribution is 5.50. The summed E-state index contributed by atoms with van der Waals surface area (Å²) in [5.41, 5.74) is 9.93. The fraction of sp³-hybridized carbons (Fsp3) is 0.643. The molecule has 1 aromatic heterocycles. The average Bonchev–Trinajstić information content (AvgIpc) is 2.71. The minimum absolute atomic E-state index is 0.360. The first-order valence-electron chi connectivity index (χ1n) is 6.74. The van der Waals surface area contributed by atoms with Crippen LogP contribution in [-0.4, -0.2) is 15.8 Å². The molecule has 1 unspecified atom stereocenters. The molecule has 3 nitrogen and oxygen atoms in total. The van der Waals surface area contributed by atoms with E-state index in [1.54, 1.807) is 0 Å². The van der Waals surface area contributed by atoms with E-state index in [-0.39, 0.29) is 0 Å². The van der Waals surface area contributed by atoms with Crippen molar-refractivity contribution in [1.82, 2.24) is 9.78 Å². The van der Waals surface area contributed by atoms with Gasteiger partial charge < -0.3 is 5.73 Å². The van der Waals surface area contributed by atoms with E-state index in [2.05, 4.69) is 35.8 Å². The summed E-state index contributed by atoms with van der Waals surface area (Å²) in [5, 5.41) is 4.57. The number of nitrogens with two attached hydrogens (primary N) is 1. The molecular weight excluding hydrogens is 210 g/mol. The van der Waals surface area contributed by atoms with E-state index in [1.807, 2.05) is 0 Å². The monoisotopic (exact) mass is 233 g/mol. The zero-order valence-corrected chi connectivity index (χ0v) is 10.9. The summed E-state index contributed by atoms with van der Waals surface area (Å²) in [5.74, 6) is 0. The van der Waals surface area contributed by atoms with Gasteiger partial charge >= 0.3 is 0 Å². The summed E-state index contributed by atoms with van der Waals surface area (Å²) >= 11 is 0. The van der Waals surface area contributed by atoms with Crippen molar-refractivity contribution in [3.8, 4) is 0 Å². The summed E-state index contributed by atoms with van der Waals surface area (Å²) in [4.78, 5) is 0. The van der Waals surface area contributed by atoms with Crippen molar-refractivity contribution in [1.29, 1.82) is 0 Å². The molecule has 0 aromatic carbocycles. The van der Waals surface area contributed by atoms with Gasteiger partial charge in [-0.1, -0.05) is 12.5 Å². The van der Waals surface area contributed by atoms with Crippen LogP contribution in [0.3, 0.4) is 0 Å². The standard InChI is InChI=1S/C14H23N3/c1-3-13-10-14(17(4-2)16-13)9-11-6-5-7-12(15)8-11/h9-10,12H,3-8,15H2,1-2H3. The Morgan fingerprint density at radius 2 is 2.35 bits per heavy atom. The van der Waals surface area contributed by atoms with Gasteiger partial charge in [-0.2, -0.15) is 5.10 Å². The van der Waals surface area contributed by atoms with Crippen molar-refractivity contribution in [2.24, 2.45) is 5.73 Å². The quantitative estimate of drug-likeness (QED) is 0.872. The Labute approximate surface area is 104 Å². The van der Waals surface area contributed by atoms with Gasteiger partial charge in [0.25, 0.3) is 0 Å². The minimum atomic E-state index is 0.360. The molecule has 17 heavy (non-hydrogen) atoms. The molecule has 1 saturated carbocycles. The molecule has 2 N–H and O–H groups in total. The van der Waals surface area contributed by atoms with Crippen LogP contribution < -0.4 is 5.73 Å². The first-order valence-corrected chi connectivity index (χ1v) is 6.74. The second-order valence-electron chi connectivity index (χ2n) is 4.89. The van der Waals surface area contributed by atoms with Gasteiger partial charge in [-0.25, -0.2) is 0 Å². The largest absolute Gasteiger partial charge is 0.327 e. The van der Waals surface area contributed by atoms with E-state index in [0.29, 0.717) is 6.04 Å². The molecule has 94 valence electrons. The molecule has 0 bridgehead atoms. The van der Waals surface area contributed by atoms with Gasteiger partial charge in [0, 0.05) is 12.6 Å². The van der Waals surface area contributed by atoms with Crippen LogP contribution in [0.5, 0.6) is 0 Å². The summed E-state index contributed by atoms with van der Waals surface area (Å²) in [7, 11) is 0. The highest BCUT2D eigenvalue weighted by Gasteiger charge is 2.13. The zero-order valence-electron chi connectivity index (χ0n) is 10.9. The van der Waals surface area contributed by atoms with Crippen LogP contribution in [0.2, 0.25) is 0 Å². The normalized spacial score (nSPS) is 23.2. The molecule has 1 fully saturated rings. The maximum atomic E-state index is 6.02. The zero-order chi connectivity index (χ0) is 12.3. The topological polar surface area (TPSA) is 43.8 Å². The molecule has 1 heterocycles. The number of nitrogens with zero attached hydrogens (tertiary/aromatic N) is 2. The lowest BCUT2D eigenvalue weighted by Crippen LogP contribution is -2.23. The SMILES string of the molecule is CCc1cc(C=C2CCCC(N)C2)n(CC)n1. The number of hydrogen-bond acceptors (Lipinski definition) is 2. The number of rotatable bonds is 3. The van der Waals surface area contributed by atoms with Crippen molar-refractivity contribution in [2.45, 2.75) is 58.5 Å². The van der Waals surface area contributed by atoms with Gasteiger partial charge in [-0.05, 0) is 51.2 Å². The van der Waals surface area contributed by atoms with E-state index in [9.17, 15) is 0 Å². The Morgan fingerprint density at radius 3 is 3.00 bits per heavy atom. The van der Waals surface area contributed by atoms with Crippen molar-refractivity contribution >= 4 is 6.08 Å². The van der Waals surface area contributed by atoms with Crippen molar-refractivity contribution in [2.75, 3.05) is 0 Å². The van der Waals surface area contributed by atoms with Crippen LogP contribution in [0.15, 0.2) is 11.6 Å². The van der Waals surface area contributed by atoms with Gasteiger partial charge in [-0.15, -0.1) is 0 Å². The van der Waals surface area contributed by atoms with Crippen LogP contribution in [-0.2, 0) is 13.0 Å². The predicted octanol–water partition coefficient (Wildman–Crippen LogP) is 2.75. The minimum Gasteiger partial charge on any atom is -0.327 e. The van der Waals surface area contributed by atoms with Crippen molar-refractivity contribution in [3.05, 3.63) is 23.0 Å². The third-order valence-electron chi connectivity index (χ3n) is 3.47. The van der Waals surface area contributed by atoms with Gasteiger partial charge in [0.2, 0.25) is 0 Å². The van der Waals surface area contributed by atoms with Gasteiger partial charge in [0.15, 0.2) is 0 Å². The fourth-order valence-electron chi connectivity index (χ4n) is 2.50. The maximum absolute atomic E-state index is 6.02. The summed E-state index contributed by atoms with van der Waals surface area (Å²) < 4.78 is 2.09. The molecule has 0 spiro atoms. The van der Waals surface area contributed by atoms with Crippen molar-refractivity contribution in [3.63, 3.8) is 0 Å². The first-order chi connectivity index (χ1) is 8.22. The van der Waals surface area contributed by atoms with Gasteiger partial charge in [0.05, 0.1) is 11.4 Å². The Bertz CT molecular complexity index is 404. The van der Waals surface area contributed by atoms with E-state index >= 15 is 0 Å². The van der Waals surface area contributed by atoms with Crippen LogP contribution >= 0.6 is 0 Å². The van der Waals surface area contributed by atoms with Gasteiger partial charge in [0.1, 0.15) is 0 Å². The summed E-state index contributed by atoms with van der Waals surface area (Å²) in [6, 6.07) is 2.56. The molecule has 2 rings (SSSR count). The van der Waals surface area contributed by atoms with Crippen LogP contribution in [0.4, 0.5) is 0 Å². The molecule has 1 aliphatic carbocycles. The first kappa shape index (κ1) is 12.4. The van der Waals surface area contributed by atoms with Gasteiger partial charge in [-0.3, -0.25) is 4.68 Å². The number of aryl methyl sites for hydroxylation is 2. The molecule has 1 aliphatic rings. The lowest BCUT2D eigenvalue weighted by molar-refractivity contribution is 0.519. The van der Waals surface area contributed by atoms with E-state index in [4.69, 9.17) is 5.73 Å². The van der Waals surface area contributed by atoms with Crippen LogP contribution in [0.1, 0.15) is 50.9 Å². The Balaban J connectivity index is 2.21. The number of hydrogen-bond donors (Lipinski definition) is 1. The van der Waals surface area contributed by atoms with Crippen LogP contribution in [0, 0.1) is 0 Å². The van der Waals surface area contributed by atoms with E-state index in [1.165, 1.54) is 36.2 Å². The third kappa shape index (κ3) is 2.97. The molecule has 3 heteroatoms. The fourth-order valence-corrected chi connectivity index (χ4v) is 2.50. The molecule has 0 saturated heterocycles. The molecule has 0 amide bonds. The smallest absolute Gasteiger partial charge is 0.0628 e.